The van der Waals surface area contributed by atoms with Gasteiger partial charge in [0.15, 0.2) is 10.9 Å². The van der Waals surface area contributed by atoms with Gasteiger partial charge in [-0.2, -0.15) is 18.7 Å². The number of hydrogen-bond acceptors (Lipinski definition) is 10. The molecule has 0 atom stereocenters. The van der Waals surface area contributed by atoms with Gasteiger partial charge in [-0.05, 0) is 48.6 Å². The number of benzene rings is 2. The molecule has 4 aromatic rings. The first-order valence-electron chi connectivity index (χ1n) is 9.27. The molecule has 0 radical (unpaired) electrons. The van der Waals surface area contributed by atoms with Crippen LogP contribution in [0.4, 0.5) is 17.2 Å². The van der Waals surface area contributed by atoms with Crippen LogP contribution in [0, 0.1) is 0 Å². The van der Waals surface area contributed by atoms with Crippen molar-refractivity contribution in [1.82, 2.24) is 18.7 Å². The minimum absolute atomic E-state index is 0.0111. The number of hydrogen-bond donors (Lipinski definition) is 3. The molecular formula is C19H17N7O4S3. The number of sulfonamides is 1. The Morgan fingerprint density at radius 3 is 2.52 bits per heavy atom. The van der Waals surface area contributed by atoms with E-state index in [0.29, 0.717) is 10.8 Å². The van der Waals surface area contributed by atoms with Crippen LogP contribution < -0.4 is 24.8 Å². The first-order valence-corrected chi connectivity index (χ1v) is 11.9. The first-order chi connectivity index (χ1) is 15.9. The number of nitrogens with zero attached hydrogens (tertiary/aromatic N) is 4. The number of ether oxygens (including phenoxy) is 2. The van der Waals surface area contributed by atoms with Crippen molar-refractivity contribution in [2.24, 2.45) is 0 Å². The largest absolute Gasteiger partial charge is 0.481 e. The van der Waals surface area contributed by atoms with Gasteiger partial charge in [-0.25, -0.2) is 8.42 Å². The molecule has 0 unspecified atom stereocenters. The first kappa shape index (κ1) is 22.6. The summed E-state index contributed by atoms with van der Waals surface area (Å²) in [5.41, 5.74) is 2.81. The molecule has 0 aliphatic heterocycles. The van der Waals surface area contributed by atoms with Gasteiger partial charge in [0.2, 0.25) is 5.88 Å². The van der Waals surface area contributed by atoms with Crippen molar-refractivity contribution in [3.8, 4) is 11.9 Å². The number of rotatable bonds is 7. The lowest BCUT2D eigenvalue weighted by atomic mass is 10.2. The van der Waals surface area contributed by atoms with E-state index in [-0.39, 0.29) is 22.6 Å². The summed E-state index contributed by atoms with van der Waals surface area (Å²) in [6.45, 7) is 0. The monoisotopic (exact) mass is 503 g/mol. The van der Waals surface area contributed by atoms with Crippen LogP contribution in [-0.4, -0.2) is 46.5 Å². The minimum Gasteiger partial charge on any atom is -0.481 e. The summed E-state index contributed by atoms with van der Waals surface area (Å²) >= 11 is 6.48. The van der Waals surface area contributed by atoms with Crippen molar-refractivity contribution < 1.29 is 17.9 Å². The summed E-state index contributed by atoms with van der Waals surface area (Å²) in [4.78, 5) is 7.94. The molecular weight excluding hydrogens is 486 g/mol. The highest BCUT2D eigenvalue weighted by Crippen LogP contribution is 2.23. The van der Waals surface area contributed by atoms with Gasteiger partial charge in [-0.1, -0.05) is 6.07 Å². The summed E-state index contributed by atoms with van der Waals surface area (Å²) in [6, 6.07) is 12.9. The second kappa shape index (κ2) is 9.48. The Bertz CT molecular complexity index is 1390. The van der Waals surface area contributed by atoms with Crippen LogP contribution in [0.5, 0.6) is 11.9 Å². The van der Waals surface area contributed by atoms with E-state index in [0.717, 1.165) is 28.4 Å². The average Bonchev–Trinajstić information content (AvgIpc) is 3.29. The molecule has 11 nitrogen and oxygen atoms in total. The summed E-state index contributed by atoms with van der Waals surface area (Å²) in [5, 5.41) is 6.41. The Hall–Kier alpha value is -3.62. The molecule has 2 heterocycles. The van der Waals surface area contributed by atoms with E-state index in [1.807, 2.05) is 18.2 Å². The van der Waals surface area contributed by atoms with Crippen LogP contribution in [0.25, 0.3) is 11.0 Å². The molecule has 170 valence electrons. The van der Waals surface area contributed by atoms with E-state index < -0.39 is 10.0 Å². The van der Waals surface area contributed by atoms with Crippen molar-refractivity contribution in [1.29, 1.82) is 0 Å². The predicted octanol–water partition coefficient (Wildman–Crippen LogP) is 3.11. The SMILES string of the molecule is COc1cc(NS(=O)(=O)c2ccc(NC(=S)Nc3cccc4nsnc34)cc2)nc(OC)n1. The van der Waals surface area contributed by atoms with Crippen LogP contribution in [-0.2, 0) is 10.0 Å². The zero-order valence-electron chi connectivity index (χ0n) is 17.3. The normalized spacial score (nSPS) is 11.1. The van der Waals surface area contributed by atoms with Gasteiger partial charge in [0.25, 0.3) is 10.0 Å². The highest BCUT2D eigenvalue weighted by molar-refractivity contribution is 7.92. The quantitative estimate of drug-likeness (QED) is 0.320. The van der Waals surface area contributed by atoms with E-state index >= 15 is 0 Å². The molecule has 0 bridgehead atoms. The predicted molar refractivity (Wildman–Crippen MR) is 130 cm³/mol. The Morgan fingerprint density at radius 1 is 1.00 bits per heavy atom. The molecule has 0 fully saturated rings. The molecule has 2 aromatic heterocycles. The fourth-order valence-corrected chi connectivity index (χ4v) is 4.53. The molecule has 33 heavy (non-hydrogen) atoms. The van der Waals surface area contributed by atoms with Gasteiger partial charge in [-0.3, -0.25) is 4.72 Å². The molecule has 0 saturated carbocycles. The summed E-state index contributed by atoms with van der Waals surface area (Å²) in [6.07, 6.45) is 0. The van der Waals surface area contributed by atoms with Gasteiger partial charge in [-0.15, -0.1) is 0 Å². The van der Waals surface area contributed by atoms with Crippen LogP contribution in [0.1, 0.15) is 0 Å². The van der Waals surface area contributed by atoms with Crippen molar-refractivity contribution >= 4 is 67.3 Å². The number of anilines is 3. The maximum absolute atomic E-state index is 12.8. The third kappa shape index (κ3) is 5.24. The molecule has 0 saturated heterocycles. The van der Waals surface area contributed by atoms with Gasteiger partial charge < -0.3 is 20.1 Å². The Balaban J connectivity index is 1.45. The van der Waals surface area contributed by atoms with E-state index in [1.165, 1.54) is 32.4 Å². The number of aromatic nitrogens is 4. The summed E-state index contributed by atoms with van der Waals surface area (Å²) in [7, 11) is -1.15. The maximum Gasteiger partial charge on any atom is 0.321 e. The molecule has 2 aromatic carbocycles. The lowest BCUT2D eigenvalue weighted by Crippen LogP contribution is -2.19. The number of methoxy groups -OCH3 is 2. The highest BCUT2D eigenvalue weighted by atomic mass is 32.2. The molecule has 3 N–H and O–H groups in total. The van der Waals surface area contributed by atoms with E-state index in [4.69, 9.17) is 21.7 Å². The molecule has 0 aliphatic carbocycles. The van der Waals surface area contributed by atoms with Gasteiger partial charge >= 0.3 is 6.01 Å². The maximum atomic E-state index is 12.8. The fraction of sp³-hybridized carbons (Fsp3) is 0.105. The van der Waals surface area contributed by atoms with Crippen LogP contribution in [0.2, 0.25) is 0 Å². The molecule has 14 heteroatoms. The highest BCUT2D eigenvalue weighted by Gasteiger charge is 2.17. The molecule has 0 spiro atoms. The van der Waals surface area contributed by atoms with Crippen LogP contribution in [0.15, 0.2) is 53.4 Å². The van der Waals surface area contributed by atoms with E-state index in [2.05, 4.69) is 34.1 Å². The third-order valence-electron chi connectivity index (χ3n) is 4.27. The van der Waals surface area contributed by atoms with Crippen LogP contribution >= 0.6 is 23.9 Å². The molecule has 0 amide bonds. The van der Waals surface area contributed by atoms with Crippen molar-refractivity contribution in [2.75, 3.05) is 29.6 Å². The zero-order chi connectivity index (χ0) is 23.4. The number of nitrogens with one attached hydrogen (secondary N) is 3. The smallest absolute Gasteiger partial charge is 0.321 e. The van der Waals surface area contributed by atoms with Gasteiger partial charge in [0, 0.05) is 11.8 Å². The topological polar surface area (TPSA) is 140 Å². The minimum atomic E-state index is -3.92. The average molecular weight is 504 g/mol. The van der Waals surface area contributed by atoms with E-state index in [1.54, 1.807) is 12.1 Å². The van der Waals surface area contributed by atoms with Gasteiger partial charge in [0.1, 0.15) is 11.0 Å². The fourth-order valence-electron chi connectivity index (χ4n) is 2.76. The molecule has 4 rings (SSSR count). The van der Waals surface area contributed by atoms with Crippen molar-refractivity contribution in [3.05, 3.63) is 48.5 Å². The Morgan fingerprint density at radius 2 is 1.79 bits per heavy atom. The van der Waals surface area contributed by atoms with Crippen molar-refractivity contribution in [2.45, 2.75) is 4.90 Å². The zero-order valence-corrected chi connectivity index (χ0v) is 19.7. The Kier molecular flexibility index (Phi) is 6.48. The van der Waals surface area contributed by atoms with E-state index in [9.17, 15) is 8.42 Å². The summed E-state index contributed by atoms with van der Waals surface area (Å²) < 4.78 is 46.3. The number of fused-ring (bicyclic) bond motifs is 1. The van der Waals surface area contributed by atoms with Gasteiger partial charge in [0.05, 0.1) is 36.5 Å². The second-order valence-electron chi connectivity index (χ2n) is 6.43. The standard InChI is InChI=1S/C19H17N7O4S3/c1-29-16-10-15(22-18(23-16)30-2)26-33(27,28)12-8-6-11(7-9-12)20-19(31)21-13-4-3-5-14-17(13)25-32-24-14/h3-10H,1-2H3,(H2,20,21,31)(H,22,23,26). The lowest BCUT2D eigenvalue weighted by molar-refractivity contribution is 0.353. The second-order valence-corrected chi connectivity index (χ2v) is 9.05. The van der Waals surface area contributed by atoms with Crippen LogP contribution in [0.3, 0.4) is 0 Å². The summed E-state index contributed by atoms with van der Waals surface area (Å²) in [5.74, 6) is 0.168. The lowest BCUT2D eigenvalue weighted by Gasteiger charge is -2.12. The van der Waals surface area contributed by atoms with Crippen molar-refractivity contribution in [3.63, 3.8) is 0 Å². The third-order valence-corrected chi connectivity index (χ3v) is 6.39. The Labute approximate surface area is 198 Å². The number of thiocarbonyl (C=S) groups is 1. The molecule has 0 aliphatic rings.